The van der Waals surface area contributed by atoms with Gasteiger partial charge in [-0.05, 0) is 52.7 Å². The Kier molecular flexibility index (Phi) is 4.92. The molecule has 28 heavy (non-hydrogen) atoms. The summed E-state index contributed by atoms with van der Waals surface area (Å²) in [5, 5.41) is 0. The fourth-order valence-corrected chi connectivity index (χ4v) is 3.56. The lowest BCUT2D eigenvalue weighted by Gasteiger charge is -2.32. The van der Waals surface area contributed by atoms with Gasteiger partial charge in [-0.2, -0.15) is 0 Å². The number of hydrogen-bond donors (Lipinski definition) is 0. The molecule has 0 atom stereocenters. The van der Waals surface area contributed by atoms with E-state index in [-0.39, 0.29) is 11.2 Å². The molecule has 0 aliphatic heterocycles. The smallest absolute Gasteiger partial charge is 0.287 e. The Morgan fingerprint density at radius 3 is 1.46 bits per heavy atom. The standard InChI is InChI=1S/C24H28N2O2/c1-23(2,3)25-20(18-15-11-8-12-16-18)19(17-13-9-7-10-14-17)21(27)26(22(25)28)24(4,5)6/h7-16H,1-6H3. The van der Waals surface area contributed by atoms with Crippen LogP contribution in [0.2, 0.25) is 0 Å². The fourth-order valence-electron chi connectivity index (χ4n) is 3.56. The van der Waals surface area contributed by atoms with Crippen LogP contribution in [0.1, 0.15) is 41.5 Å². The zero-order valence-electron chi connectivity index (χ0n) is 17.5. The Hall–Kier alpha value is -2.88. The third-order valence-electron chi connectivity index (χ3n) is 4.71. The average Bonchev–Trinajstić information content (AvgIpc) is 2.60. The number of aromatic nitrogens is 2. The summed E-state index contributed by atoms with van der Waals surface area (Å²) in [5.74, 6) is 0. The average molecular weight is 377 g/mol. The van der Waals surface area contributed by atoms with E-state index in [2.05, 4.69) is 0 Å². The van der Waals surface area contributed by atoms with Crippen molar-refractivity contribution in [3.8, 4) is 22.4 Å². The van der Waals surface area contributed by atoms with Crippen LogP contribution in [0.25, 0.3) is 22.4 Å². The van der Waals surface area contributed by atoms with E-state index < -0.39 is 11.1 Å². The topological polar surface area (TPSA) is 44.0 Å². The second kappa shape index (κ2) is 6.93. The molecule has 3 aromatic rings. The minimum absolute atomic E-state index is 0.261. The molecule has 0 aliphatic carbocycles. The first-order valence-electron chi connectivity index (χ1n) is 9.57. The van der Waals surface area contributed by atoms with Crippen LogP contribution < -0.4 is 11.2 Å². The van der Waals surface area contributed by atoms with Gasteiger partial charge in [0, 0.05) is 11.1 Å². The van der Waals surface area contributed by atoms with Crippen LogP contribution in [0.3, 0.4) is 0 Å². The van der Waals surface area contributed by atoms with E-state index in [1.54, 1.807) is 4.57 Å². The lowest BCUT2D eigenvalue weighted by molar-refractivity contribution is 0.315. The molecule has 0 spiro atoms. The molecule has 146 valence electrons. The SMILES string of the molecule is CC(C)(C)n1c(-c2ccccc2)c(-c2ccccc2)c(=O)n(C(C)(C)C)c1=O. The third-order valence-corrected chi connectivity index (χ3v) is 4.71. The van der Waals surface area contributed by atoms with Crippen LogP contribution in [0.5, 0.6) is 0 Å². The maximum absolute atomic E-state index is 13.7. The Bertz CT molecular complexity index is 1090. The van der Waals surface area contributed by atoms with Gasteiger partial charge in [-0.3, -0.25) is 13.9 Å². The molecule has 0 N–H and O–H groups in total. The van der Waals surface area contributed by atoms with E-state index in [4.69, 9.17) is 0 Å². The summed E-state index contributed by atoms with van der Waals surface area (Å²) in [4.78, 5) is 27.2. The van der Waals surface area contributed by atoms with Crippen LogP contribution in [-0.2, 0) is 11.1 Å². The molecule has 3 rings (SSSR count). The largest absolute Gasteiger partial charge is 0.332 e. The van der Waals surface area contributed by atoms with Crippen LogP contribution in [-0.4, -0.2) is 9.13 Å². The first-order valence-corrected chi connectivity index (χ1v) is 9.57. The van der Waals surface area contributed by atoms with E-state index in [0.717, 1.165) is 11.1 Å². The highest BCUT2D eigenvalue weighted by atomic mass is 16.2. The van der Waals surface area contributed by atoms with E-state index >= 15 is 0 Å². The van der Waals surface area contributed by atoms with E-state index in [0.29, 0.717) is 11.3 Å². The van der Waals surface area contributed by atoms with E-state index in [9.17, 15) is 9.59 Å². The van der Waals surface area contributed by atoms with Crippen molar-refractivity contribution in [2.75, 3.05) is 0 Å². The van der Waals surface area contributed by atoms with Gasteiger partial charge in [-0.15, -0.1) is 0 Å². The van der Waals surface area contributed by atoms with Crippen molar-refractivity contribution in [2.24, 2.45) is 0 Å². The molecule has 0 saturated carbocycles. The van der Waals surface area contributed by atoms with Gasteiger partial charge in [-0.25, -0.2) is 4.79 Å². The summed E-state index contributed by atoms with van der Waals surface area (Å²) in [6.07, 6.45) is 0. The van der Waals surface area contributed by atoms with Crippen molar-refractivity contribution in [3.63, 3.8) is 0 Å². The van der Waals surface area contributed by atoms with Gasteiger partial charge in [0.05, 0.1) is 11.3 Å². The maximum atomic E-state index is 13.7. The van der Waals surface area contributed by atoms with Gasteiger partial charge in [-0.1, -0.05) is 60.7 Å². The molecule has 0 saturated heterocycles. The summed E-state index contributed by atoms with van der Waals surface area (Å²) in [7, 11) is 0. The minimum atomic E-state index is -0.639. The van der Waals surface area contributed by atoms with Crippen LogP contribution in [0, 0.1) is 0 Å². The zero-order valence-corrected chi connectivity index (χ0v) is 17.5. The molecule has 4 heteroatoms. The van der Waals surface area contributed by atoms with E-state index in [1.807, 2.05) is 102 Å². The predicted octanol–water partition coefficient (Wildman–Crippen LogP) is 4.85. The second-order valence-corrected chi connectivity index (χ2v) is 9.06. The van der Waals surface area contributed by atoms with Crippen molar-refractivity contribution in [3.05, 3.63) is 81.5 Å². The fraction of sp³-hybridized carbons (Fsp3) is 0.333. The Morgan fingerprint density at radius 1 is 0.607 bits per heavy atom. The van der Waals surface area contributed by atoms with Gasteiger partial charge in [0.25, 0.3) is 5.56 Å². The zero-order chi connectivity index (χ0) is 20.7. The molecular weight excluding hydrogens is 348 g/mol. The maximum Gasteiger partial charge on any atom is 0.332 e. The number of benzene rings is 2. The van der Waals surface area contributed by atoms with Gasteiger partial charge in [0.15, 0.2) is 0 Å². The van der Waals surface area contributed by atoms with Crippen LogP contribution in [0.15, 0.2) is 70.3 Å². The molecule has 4 nitrogen and oxygen atoms in total. The van der Waals surface area contributed by atoms with Gasteiger partial charge < -0.3 is 0 Å². The highest BCUT2D eigenvalue weighted by molar-refractivity contribution is 5.80. The number of nitrogens with zero attached hydrogens (tertiary/aromatic N) is 2. The van der Waals surface area contributed by atoms with Crippen molar-refractivity contribution in [1.29, 1.82) is 0 Å². The molecular formula is C24H28N2O2. The third kappa shape index (κ3) is 3.47. The molecule has 1 heterocycles. The first kappa shape index (κ1) is 19.9. The van der Waals surface area contributed by atoms with Gasteiger partial charge in [0.1, 0.15) is 0 Å². The molecule has 2 aromatic carbocycles. The summed E-state index contributed by atoms with van der Waals surface area (Å²) in [5.41, 5.74) is 1.18. The summed E-state index contributed by atoms with van der Waals surface area (Å²) in [6.45, 7) is 11.6. The van der Waals surface area contributed by atoms with Crippen LogP contribution >= 0.6 is 0 Å². The monoisotopic (exact) mass is 376 g/mol. The molecule has 0 radical (unpaired) electrons. The van der Waals surface area contributed by atoms with Crippen LogP contribution in [0.4, 0.5) is 0 Å². The molecule has 0 fully saturated rings. The second-order valence-electron chi connectivity index (χ2n) is 9.06. The lowest BCUT2D eigenvalue weighted by atomic mass is 9.96. The number of hydrogen-bond acceptors (Lipinski definition) is 2. The van der Waals surface area contributed by atoms with Gasteiger partial charge in [0.2, 0.25) is 0 Å². The normalized spacial score (nSPS) is 12.2. The van der Waals surface area contributed by atoms with Crippen molar-refractivity contribution in [2.45, 2.75) is 52.6 Å². The summed E-state index contributed by atoms with van der Waals surface area (Å²) < 4.78 is 3.14. The van der Waals surface area contributed by atoms with Crippen molar-refractivity contribution in [1.82, 2.24) is 9.13 Å². The van der Waals surface area contributed by atoms with Gasteiger partial charge >= 0.3 is 5.69 Å². The molecule has 0 bridgehead atoms. The summed E-state index contributed by atoms with van der Waals surface area (Å²) in [6, 6.07) is 19.3. The Balaban J connectivity index is 2.64. The predicted molar refractivity (Wildman–Crippen MR) is 116 cm³/mol. The van der Waals surface area contributed by atoms with Crippen molar-refractivity contribution < 1.29 is 0 Å². The first-order chi connectivity index (χ1) is 13.0. The quantitative estimate of drug-likeness (QED) is 0.641. The number of rotatable bonds is 2. The molecule has 1 aromatic heterocycles. The Labute approximate surface area is 166 Å². The highest BCUT2D eigenvalue weighted by Gasteiger charge is 2.31. The van der Waals surface area contributed by atoms with E-state index in [1.165, 1.54) is 4.57 Å². The summed E-state index contributed by atoms with van der Waals surface area (Å²) >= 11 is 0. The Morgan fingerprint density at radius 2 is 1.04 bits per heavy atom. The molecule has 0 amide bonds. The highest BCUT2D eigenvalue weighted by Crippen LogP contribution is 2.32. The minimum Gasteiger partial charge on any atom is -0.287 e. The van der Waals surface area contributed by atoms with Crippen molar-refractivity contribution >= 4 is 0 Å². The molecule has 0 unspecified atom stereocenters. The lowest BCUT2D eigenvalue weighted by Crippen LogP contribution is -2.52. The molecule has 0 aliphatic rings.